The topological polar surface area (TPSA) is 26.3 Å². The van der Waals surface area contributed by atoms with Crippen molar-refractivity contribution in [3.63, 3.8) is 0 Å². The van der Waals surface area contributed by atoms with Gasteiger partial charge in [-0.15, -0.1) is 0 Å². The van der Waals surface area contributed by atoms with E-state index in [1.54, 1.807) is 12.1 Å². The minimum atomic E-state index is -0.215. The van der Waals surface area contributed by atoms with E-state index in [1.807, 2.05) is 18.2 Å². The number of benzene rings is 1. The summed E-state index contributed by atoms with van der Waals surface area (Å²) in [6.07, 6.45) is 2.01. The Morgan fingerprint density at radius 1 is 1.38 bits per heavy atom. The van der Waals surface area contributed by atoms with Gasteiger partial charge in [0, 0.05) is 6.16 Å². The average molecular weight is 196 g/mol. The highest BCUT2D eigenvalue weighted by atomic mass is 31.1. The molecule has 1 atom stereocenters. The van der Waals surface area contributed by atoms with Gasteiger partial charge in [0.05, 0.1) is 14.4 Å². The Morgan fingerprint density at radius 3 is 2.69 bits per heavy atom. The lowest BCUT2D eigenvalue weighted by Crippen LogP contribution is -1.98. The van der Waals surface area contributed by atoms with Crippen LogP contribution in [0, 0.1) is 0 Å². The zero-order chi connectivity index (χ0) is 9.52. The van der Waals surface area contributed by atoms with Crippen molar-refractivity contribution in [2.45, 2.75) is 13.3 Å². The van der Waals surface area contributed by atoms with Crippen molar-refractivity contribution >= 4 is 14.8 Å². The molecule has 3 heteroatoms. The fourth-order valence-corrected chi connectivity index (χ4v) is 1.41. The Morgan fingerprint density at radius 2 is 2.08 bits per heavy atom. The van der Waals surface area contributed by atoms with Gasteiger partial charge in [0.25, 0.3) is 0 Å². The molecule has 0 aliphatic rings. The lowest BCUT2D eigenvalue weighted by Gasteiger charge is -2.02. The van der Waals surface area contributed by atoms with E-state index in [0.717, 1.165) is 12.6 Å². The van der Waals surface area contributed by atoms with Gasteiger partial charge in [-0.05, 0) is 18.6 Å². The SMILES string of the molecule is CCCPOC(=O)c1ccccc1. The van der Waals surface area contributed by atoms with E-state index in [2.05, 4.69) is 6.92 Å². The second kappa shape index (κ2) is 5.71. The summed E-state index contributed by atoms with van der Waals surface area (Å²) in [4.78, 5) is 11.3. The predicted molar refractivity (Wildman–Crippen MR) is 55.3 cm³/mol. The van der Waals surface area contributed by atoms with Crippen molar-refractivity contribution in [1.82, 2.24) is 0 Å². The summed E-state index contributed by atoms with van der Waals surface area (Å²) < 4.78 is 5.06. The van der Waals surface area contributed by atoms with Crippen LogP contribution in [0.1, 0.15) is 23.7 Å². The lowest BCUT2D eigenvalue weighted by molar-refractivity contribution is 0.0760. The molecule has 0 heterocycles. The summed E-state index contributed by atoms with van der Waals surface area (Å²) in [5, 5.41) is 0. The smallest absolute Gasteiger partial charge is 0.340 e. The molecular weight excluding hydrogens is 183 g/mol. The summed E-state index contributed by atoms with van der Waals surface area (Å²) in [5.41, 5.74) is 0.631. The lowest BCUT2D eigenvalue weighted by atomic mass is 10.2. The fourth-order valence-electron chi connectivity index (χ4n) is 0.852. The third kappa shape index (κ3) is 3.56. The molecule has 0 amide bonds. The highest BCUT2D eigenvalue weighted by Gasteiger charge is 2.04. The van der Waals surface area contributed by atoms with Gasteiger partial charge in [-0.3, -0.25) is 0 Å². The highest BCUT2D eigenvalue weighted by molar-refractivity contribution is 7.32. The largest absolute Gasteiger partial charge is 0.445 e. The van der Waals surface area contributed by atoms with E-state index in [-0.39, 0.29) is 14.8 Å². The maximum atomic E-state index is 11.3. The van der Waals surface area contributed by atoms with Crippen LogP contribution in [0.3, 0.4) is 0 Å². The van der Waals surface area contributed by atoms with Crippen LogP contribution in [0.25, 0.3) is 0 Å². The van der Waals surface area contributed by atoms with Crippen molar-refractivity contribution in [2.24, 2.45) is 0 Å². The molecule has 1 rings (SSSR count). The molecular formula is C10H13O2P. The summed E-state index contributed by atoms with van der Waals surface area (Å²) in [6.45, 7) is 2.07. The first-order valence-corrected chi connectivity index (χ1v) is 5.45. The molecule has 2 nitrogen and oxygen atoms in total. The normalized spacial score (nSPS) is 10.5. The maximum absolute atomic E-state index is 11.3. The van der Waals surface area contributed by atoms with Crippen LogP contribution in [-0.2, 0) is 4.52 Å². The molecule has 0 aliphatic heterocycles. The number of rotatable bonds is 4. The van der Waals surface area contributed by atoms with E-state index >= 15 is 0 Å². The second-order valence-electron chi connectivity index (χ2n) is 2.65. The summed E-state index contributed by atoms with van der Waals surface area (Å²) in [5.74, 6) is -0.215. The van der Waals surface area contributed by atoms with Crippen molar-refractivity contribution in [3.05, 3.63) is 35.9 Å². The van der Waals surface area contributed by atoms with Crippen LogP contribution in [0.4, 0.5) is 0 Å². The van der Waals surface area contributed by atoms with Crippen LogP contribution < -0.4 is 0 Å². The van der Waals surface area contributed by atoms with E-state index in [9.17, 15) is 4.79 Å². The number of carbonyl (C=O) groups is 1. The molecule has 0 bridgehead atoms. The molecule has 0 N–H and O–H groups in total. The van der Waals surface area contributed by atoms with Gasteiger partial charge in [0.2, 0.25) is 0 Å². The molecule has 70 valence electrons. The molecule has 0 aliphatic carbocycles. The average Bonchev–Trinajstić information content (AvgIpc) is 2.19. The first-order chi connectivity index (χ1) is 6.34. The Labute approximate surface area is 80.2 Å². The van der Waals surface area contributed by atoms with E-state index in [1.165, 1.54) is 0 Å². The summed E-state index contributed by atoms with van der Waals surface area (Å²) in [6, 6.07) is 9.07. The molecule has 0 aromatic heterocycles. The van der Waals surface area contributed by atoms with Crippen LogP contribution in [0.5, 0.6) is 0 Å². The standard InChI is InChI=1S/C10H13O2P/c1-2-8-13-12-10(11)9-6-4-3-5-7-9/h3-7,13H,2,8H2,1H3. The van der Waals surface area contributed by atoms with Crippen molar-refractivity contribution < 1.29 is 9.32 Å². The van der Waals surface area contributed by atoms with Gasteiger partial charge >= 0.3 is 5.97 Å². The van der Waals surface area contributed by atoms with E-state index in [0.29, 0.717) is 5.56 Å². The second-order valence-corrected chi connectivity index (χ2v) is 3.64. The third-order valence-electron chi connectivity index (χ3n) is 1.53. The maximum Gasteiger partial charge on any atom is 0.340 e. The molecule has 0 saturated carbocycles. The Balaban J connectivity index is 2.40. The molecule has 0 saturated heterocycles. The quantitative estimate of drug-likeness (QED) is 0.546. The minimum absolute atomic E-state index is 0.215. The van der Waals surface area contributed by atoms with Gasteiger partial charge in [-0.2, -0.15) is 0 Å². The molecule has 13 heavy (non-hydrogen) atoms. The predicted octanol–water partition coefficient (Wildman–Crippen LogP) is 2.85. The monoisotopic (exact) mass is 196 g/mol. The van der Waals surface area contributed by atoms with Crippen LogP contribution in [0.2, 0.25) is 0 Å². The van der Waals surface area contributed by atoms with Gasteiger partial charge in [0.15, 0.2) is 0 Å². The number of carbonyl (C=O) groups excluding carboxylic acids is 1. The first-order valence-electron chi connectivity index (χ1n) is 4.33. The van der Waals surface area contributed by atoms with E-state index < -0.39 is 0 Å². The highest BCUT2D eigenvalue weighted by Crippen LogP contribution is 2.16. The van der Waals surface area contributed by atoms with Gasteiger partial charge in [0.1, 0.15) is 0 Å². The summed E-state index contributed by atoms with van der Waals surface area (Å²) in [7, 11) is 0.289. The molecule has 0 radical (unpaired) electrons. The molecule has 1 aromatic carbocycles. The van der Waals surface area contributed by atoms with Crippen LogP contribution in [-0.4, -0.2) is 12.1 Å². The minimum Gasteiger partial charge on any atom is -0.445 e. The Hall–Kier alpha value is -0.880. The molecule has 0 spiro atoms. The zero-order valence-electron chi connectivity index (χ0n) is 7.62. The number of hydrogen-bond donors (Lipinski definition) is 0. The van der Waals surface area contributed by atoms with Gasteiger partial charge < -0.3 is 4.52 Å². The molecule has 1 unspecified atom stereocenters. The van der Waals surface area contributed by atoms with Crippen molar-refractivity contribution in [3.8, 4) is 0 Å². The molecule has 0 fully saturated rings. The Bertz CT molecular complexity index is 259. The van der Waals surface area contributed by atoms with Gasteiger partial charge in [-0.25, -0.2) is 4.79 Å². The van der Waals surface area contributed by atoms with Crippen LogP contribution in [0.15, 0.2) is 30.3 Å². The molecule has 1 aromatic rings. The number of hydrogen-bond acceptors (Lipinski definition) is 2. The van der Waals surface area contributed by atoms with Crippen LogP contribution >= 0.6 is 8.81 Å². The third-order valence-corrected chi connectivity index (χ3v) is 2.56. The first kappa shape index (κ1) is 10.2. The Kier molecular flexibility index (Phi) is 4.48. The zero-order valence-corrected chi connectivity index (χ0v) is 8.62. The van der Waals surface area contributed by atoms with E-state index in [4.69, 9.17) is 4.52 Å². The van der Waals surface area contributed by atoms with Gasteiger partial charge in [-0.1, -0.05) is 25.1 Å². The van der Waals surface area contributed by atoms with Crippen molar-refractivity contribution in [1.29, 1.82) is 0 Å². The van der Waals surface area contributed by atoms with Crippen molar-refractivity contribution in [2.75, 3.05) is 6.16 Å². The fraction of sp³-hybridized carbons (Fsp3) is 0.300. The summed E-state index contributed by atoms with van der Waals surface area (Å²) >= 11 is 0.